The highest BCUT2D eigenvalue weighted by atomic mass is 19.4. The van der Waals surface area contributed by atoms with Crippen LogP contribution in [0.1, 0.15) is 41.0 Å². The normalized spacial score (nSPS) is 24.0. The monoisotopic (exact) mass is 313 g/mol. The number of hydrogen-bond acceptors (Lipinski definition) is 4. The highest BCUT2D eigenvalue weighted by Crippen LogP contribution is 2.33. The minimum absolute atomic E-state index is 0.0839. The molecule has 1 N–H and O–H groups in total. The van der Waals surface area contributed by atoms with Crippen LogP contribution in [0, 0.1) is 0 Å². The molecule has 2 atom stereocenters. The van der Waals surface area contributed by atoms with Crippen molar-refractivity contribution in [2.45, 2.75) is 70.7 Å². The van der Waals surface area contributed by atoms with Crippen LogP contribution >= 0.6 is 0 Å². The number of carbonyl (C=O) groups is 1. The smallest absolute Gasteiger partial charge is 0.414 e. The van der Waals surface area contributed by atoms with Gasteiger partial charge >= 0.3 is 12.3 Å². The molecule has 1 rings (SSSR count). The zero-order valence-electron chi connectivity index (χ0n) is 12.8. The number of alkyl halides is 3. The first kappa shape index (κ1) is 18.0. The zero-order valence-corrected chi connectivity index (χ0v) is 12.8. The second-order valence-electron chi connectivity index (χ2n) is 6.56. The van der Waals surface area contributed by atoms with E-state index in [4.69, 9.17) is 9.47 Å². The van der Waals surface area contributed by atoms with Gasteiger partial charge in [-0.15, -0.1) is 0 Å². The van der Waals surface area contributed by atoms with Gasteiger partial charge in [-0.05, 0) is 34.6 Å². The van der Waals surface area contributed by atoms with Crippen LogP contribution in [0.15, 0.2) is 0 Å². The SMILES string of the molecule is CC(C)(C)OC(=O)N1[C@@H](C[C@H](O)C(F)(F)F)COC1(C)C. The molecule has 0 aromatic heterocycles. The minimum atomic E-state index is -4.73. The van der Waals surface area contributed by atoms with Gasteiger partial charge in [0.25, 0.3) is 0 Å². The molecule has 1 fully saturated rings. The molecule has 1 aliphatic heterocycles. The summed E-state index contributed by atoms with van der Waals surface area (Å²) in [5.41, 5.74) is -1.86. The van der Waals surface area contributed by atoms with Gasteiger partial charge in [-0.3, -0.25) is 4.90 Å². The van der Waals surface area contributed by atoms with Crippen LogP contribution < -0.4 is 0 Å². The number of rotatable bonds is 2. The molecule has 0 saturated carbocycles. The molecule has 0 aromatic carbocycles. The van der Waals surface area contributed by atoms with Gasteiger partial charge in [0.1, 0.15) is 11.3 Å². The Labute approximate surface area is 122 Å². The van der Waals surface area contributed by atoms with Crippen molar-refractivity contribution in [2.75, 3.05) is 6.61 Å². The second-order valence-corrected chi connectivity index (χ2v) is 6.56. The summed E-state index contributed by atoms with van der Waals surface area (Å²) in [5, 5.41) is 9.19. The summed E-state index contributed by atoms with van der Waals surface area (Å²) in [6.45, 7) is 8.03. The molecular formula is C13H22F3NO4. The lowest BCUT2D eigenvalue weighted by Crippen LogP contribution is -2.51. The van der Waals surface area contributed by atoms with Gasteiger partial charge in [0, 0.05) is 6.42 Å². The summed E-state index contributed by atoms with van der Waals surface area (Å²) in [4.78, 5) is 13.3. The molecule has 5 nitrogen and oxygen atoms in total. The molecule has 0 bridgehead atoms. The third-order valence-corrected chi connectivity index (χ3v) is 3.04. The molecule has 0 aliphatic carbocycles. The standard InChI is InChI=1S/C13H22F3NO4/c1-11(2,3)21-10(19)17-8(7-20-12(17,4)5)6-9(18)13(14,15)16/h8-9,18H,6-7H2,1-5H3/t8-,9-/m0/s1. The van der Waals surface area contributed by atoms with E-state index in [9.17, 15) is 23.1 Å². The summed E-state index contributed by atoms with van der Waals surface area (Å²) >= 11 is 0. The Morgan fingerprint density at radius 1 is 1.43 bits per heavy atom. The van der Waals surface area contributed by atoms with E-state index in [1.54, 1.807) is 34.6 Å². The Morgan fingerprint density at radius 2 is 1.95 bits per heavy atom. The summed E-state index contributed by atoms with van der Waals surface area (Å²) in [6, 6.07) is -0.897. The Kier molecular flexibility index (Phi) is 4.84. The van der Waals surface area contributed by atoms with E-state index in [2.05, 4.69) is 0 Å². The molecule has 0 radical (unpaired) electrons. The lowest BCUT2D eigenvalue weighted by atomic mass is 10.1. The van der Waals surface area contributed by atoms with Crippen LogP contribution in [-0.2, 0) is 9.47 Å². The molecule has 1 aliphatic rings. The Bertz CT molecular complexity index is 390. The van der Waals surface area contributed by atoms with Gasteiger partial charge in [0.2, 0.25) is 0 Å². The fourth-order valence-corrected chi connectivity index (χ4v) is 2.13. The molecular weight excluding hydrogens is 291 g/mol. The topological polar surface area (TPSA) is 59.0 Å². The summed E-state index contributed by atoms with van der Waals surface area (Å²) in [6.07, 6.45) is -8.65. The maximum absolute atomic E-state index is 12.5. The first-order valence-electron chi connectivity index (χ1n) is 6.65. The van der Waals surface area contributed by atoms with Crippen molar-refractivity contribution in [3.63, 3.8) is 0 Å². The van der Waals surface area contributed by atoms with E-state index in [0.717, 1.165) is 4.90 Å². The molecule has 0 aromatic rings. The first-order valence-corrected chi connectivity index (χ1v) is 6.65. The average Bonchev–Trinajstić information content (AvgIpc) is 2.49. The van der Waals surface area contributed by atoms with Crippen LogP contribution in [0.3, 0.4) is 0 Å². The third kappa shape index (κ3) is 4.74. The van der Waals surface area contributed by atoms with Crippen molar-refractivity contribution in [1.29, 1.82) is 0 Å². The van der Waals surface area contributed by atoms with E-state index < -0.39 is 42.2 Å². The fourth-order valence-electron chi connectivity index (χ4n) is 2.13. The summed E-state index contributed by atoms with van der Waals surface area (Å²) in [7, 11) is 0. The van der Waals surface area contributed by atoms with Crippen LogP contribution in [0.4, 0.5) is 18.0 Å². The lowest BCUT2D eigenvalue weighted by Gasteiger charge is -2.35. The molecule has 0 unspecified atom stereocenters. The first-order chi connectivity index (χ1) is 9.24. The van der Waals surface area contributed by atoms with E-state index >= 15 is 0 Å². The maximum atomic E-state index is 12.5. The molecule has 1 heterocycles. The van der Waals surface area contributed by atoms with Gasteiger partial charge in [-0.1, -0.05) is 0 Å². The molecule has 8 heteroatoms. The fraction of sp³-hybridized carbons (Fsp3) is 0.923. The Morgan fingerprint density at radius 3 is 2.38 bits per heavy atom. The number of aliphatic hydroxyl groups is 1. The van der Waals surface area contributed by atoms with E-state index in [-0.39, 0.29) is 6.61 Å². The van der Waals surface area contributed by atoms with Crippen molar-refractivity contribution in [3.8, 4) is 0 Å². The van der Waals surface area contributed by atoms with Crippen molar-refractivity contribution < 1.29 is 32.5 Å². The van der Waals surface area contributed by atoms with Crippen molar-refractivity contribution >= 4 is 6.09 Å². The van der Waals surface area contributed by atoms with E-state index in [1.165, 1.54) is 0 Å². The van der Waals surface area contributed by atoms with Gasteiger partial charge in [0.15, 0.2) is 6.10 Å². The second kappa shape index (κ2) is 5.64. The number of aliphatic hydroxyl groups excluding tert-OH is 1. The number of ether oxygens (including phenoxy) is 2. The van der Waals surface area contributed by atoms with Gasteiger partial charge in [-0.2, -0.15) is 13.2 Å². The van der Waals surface area contributed by atoms with Crippen molar-refractivity contribution in [3.05, 3.63) is 0 Å². The zero-order chi connectivity index (χ0) is 16.6. The summed E-state index contributed by atoms with van der Waals surface area (Å²) in [5.74, 6) is 0. The predicted octanol–water partition coefficient (Wildman–Crippen LogP) is 2.67. The number of halogens is 3. The Balaban J connectivity index is 2.87. The number of amides is 1. The van der Waals surface area contributed by atoms with Crippen LogP contribution in [0.5, 0.6) is 0 Å². The average molecular weight is 313 g/mol. The molecule has 124 valence electrons. The van der Waals surface area contributed by atoms with Crippen molar-refractivity contribution in [2.24, 2.45) is 0 Å². The third-order valence-electron chi connectivity index (χ3n) is 3.04. The Hall–Kier alpha value is -1.02. The largest absolute Gasteiger partial charge is 0.444 e. The van der Waals surface area contributed by atoms with Crippen LogP contribution in [0.2, 0.25) is 0 Å². The van der Waals surface area contributed by atoms with Gasteiger partial charge < -0.3 is 14.6 Å². The quantitative estimate of drug-likeness (QED) is 0.851. The lowest BCUT2D eigenvalue weighted by molar-refractivity contribution is -0.208. The van der Waals surface area contributed by atoms with E-state index in [1.807, 2.05) is 0 Å². The van der Waals surface area contributed by atoms with Crippen LogP contribution in [0.25, 0.3) is 0 Å². The number of hydrogen-bond donors (Lipinski definition) is 1. The molecule has 1 saturated heterocycles. The van der Waals surface area contributed by atoms with Crippen molar-refractivity contribution in [1.82, 2.24) is 4.90 Å². The van der Waals surface area contributed by atoms with Gasteiger partial charge in [-0.25, -0.2) is 4.79 Å². The summed E-state index contributed by atoms with van der Waals surface area (Å²) < 4.78 is 48.0. The maximum Gasteiger partial charge on any atom is 0.414 e. The highest BCUT2D eigenvalue weighted by molar-refractivity contribution is 5.69. The van der Waals surface area contributed by atoms with E-state index in [0.29, 0.717) is 0 Å². The molecule has 1 amide bonds. The minimum Gasteiger partial charge on any atom is -0.444 e. The predicted molar refractivity (Wildman–Crippen MR) is 68.6 cm³/mol. The molecule has 21 heavy (non-hydrogen) atoms. The highest BCUT2D eigenvalue weighted by Gasteiger charge is 2.49. The molecule has 0 spiro atoms. The van der Waals surface area contributed by atoms with Gasteiger partial charge in [0.05, 0.1) is 12.6 Å². The number of carbonyl (C=O) groups excluding carboxylic acids is 1. The van der Waals surface area contributed by atoms with Crippen LogP contribution in [-0.4, -0.2) is 52.4 Å². The number of nitrogens with zero attached hydrogens (tertiary/aromatic N) is 1.